The van der Waals surface area contributed by atoms with Crippen LogP contribution < -0.4 is 16.0 Å². The van der Waals surface area contributed by atoms with Gasteiger partial charge in [-0.2, -0.15) is 0 Å². The van der Waals surface area contributed by atoms with Crippen LogP contribution in [0.1, 0.15) is 6.92 Å². The Kier molecular flexibility index (Phi) is 7.07. The van der Waals surface area contributed by atoms with Crippen LogP contribution in [-0.2, 0) is 4.79 Å². The third kappa shape index (κ3) is 6.17. The highest BCUT2D eigenvalue weighted by Gasteiger charge is 2.34. The lowest BCUT2D eigenvalue weighted by Crippen LogP contribution is -2.55. The molecule has 110 valence electrons. The van der Waals surface area contributed by atoms with Crippen LogP contribution in [0.3, 0.4) is 0 Å². The summed E-state index contributed by atoms with van der Waals surface area (Å²) in [5.41, 5.74) is 0.816. The molecule has 1 aromatic rings. The van der Waals surface area contributed by atoms with Gasteiger partial charge in [0.2, 0.25) is 9.70 Å². The SMILES string of the molecule is CC(=O)NC(NC(=S)Nc1ccccc1I)C(Cl)(Cl)Cl. The minimum Gasteiger partial charge on any atom is -0.339 e. The average Bonchev–Trinajstić information content (AvgIpc) is 2.29. The number of halogens is 4. The van der Waals surface area contributed by atoms with Crippen LogP contribution in [0.15, 0.2) is 24.3 Å². The summed E-state index contributed by atoms with van der Waals surface area (Å²) in [5.74, 6) is -0.342. The lowest BCUT2D eigenvalue weighted by atomic mass is 10.3. The van der Waals surface area contributed by atoms with E-state index >= 15 is 0 Å². The van der Waals surface area contributed by atoms with Gasteiger partial charge in [-0.05, 0) is 46.9 Å². The molecule has 3 N–H and O–H groups in total. The fraction of sp³-hybridized carbons (Fsp3) is 0.273. The Morgan fingerprint density at radius 1 is 1.30 bits per heavy atom. The van der Waals surface area contributed by atoms with Crippen LogP contribution in [0.25, 0.3) is 0 Å². The fourth-order valence-electron chi connectivity index (χ4n) is 1.26. The number of hydrogen-bond donors (Lipinski definition) is 3. The molecule has 1 rings (SSSR count). The lowest BCUT2D eigenvalue weighted by Gasteiger charge is -2.27. The number of carbonyl (C=O) groups excluding carboxylic acids is 1. The second-order valence-corrected chi connectivity index (χ2v) is 7.69. The van der Waals surface area contributed by atoms with Gasteiger partial charge in [0.25, 0.3) is 0 Å². The summed E-state index contributed by atoms with van der Waals surface area (Å²) in [7, 11) is 0. The molecule has 0 bridgehead atoms. The third-order valence-electron chi connectivity index (χ3n) is 2.07. The predicted octanol–water partition coefficient (Wildman–Crippen LogP) is 3.41. The van der Waals surface area contributed by atoms with Crippen LogP contribution in [-0.4, -0.2) is 21.0 Å². The number of thiocarbonyl (C=S) groups is 1. The van der Waals surface area contributed by atoms with E-state index < -0.39 is 9.96 Å². The van der Waals surface area contributed by atoms with Crippen LogP contribution in [0.4, 0.5) is 5.69 Å². The van der Waals surface area contributed by atoms with Gasteiger partial charge in [0.15, 0.2) is 5.11 Å². The maximum absolute atomic E-state index is 11.1. The molecule has 4 nitrogen and oxygen atoms in total. The van der Waals surface area contributed by atoms with E-state index in [4.69, 9.17) is 47.0 Å². The molecule has 1 amide bonds. The first-order valence-corrected chi connectivity index (χ1v) is 7.98. The molecule has 0 saturated heterocycles. The van der Waals surface area contributed by atoms with Gasteiger partial charge in [0.05, 0.1) is 5.69 Å². The Morgan fingerprint density at radius 2 is 1.90 bits per heavy atom. The van der Waals surface area contributed by atoms with Crippen molar-refractivity contribution in [3.8, 4) is 0 Å². The fourth-order valence-corrected chi connectivity index (χ4v) is 2.33. The Morgan fingerprint density at radius 3 is 2.40 bits per heavy atom. The van der Waals surface area contributed by atoms with E-state index in [0.29, 0.717) is 0 Å². The molecule has 0 heterocycles. The van der Waals surface area contributed by atoms with E-state index in [1.54, 1.807) is 0 Å². The molecule has 0 radical (unpaired) electrons. The number of para-hydroxylation sites is 1. The number of alkyl halides is 3. The van der Waals surface area contributed by atoms with E-state index in [1.807, 2.05) is 24.3 Å². The predicted molar refractivity (Wildman–Crippen MR) is 96.4 cm³/mol. The van der Waals surface area contributed by atoms with Crippen LogP contribution in [0.2, 0.25) is 0 Å². The van der Waals surface area contributed by atoms with Crippen molar-refractivity contribution in [1.29, 1.82) is 0 Å². The molecule has 20 heavy (non-hydrogen) atoms. The zero-order valence-electron chi connectivity index (χ0n) is 10.2. The Bertz CT molecular complexity index is 510. The minimum atomic E-state index is -1.73. The molecular formula is C11H11Cl3IN3OS. The van der Waals surface area contributed by atoms with Crippen molar-refractivity contribution in [3.63, 3.8) is 0 Å². The number of anilines is 1. The Labute approximate surface area is 151 Å². The number of nitrogens with one attached hydrogen (secondary N) is 3. The summed E-state index contributed by atoms with van der Waals surface area (Å²) in [6, 6.07) is 7.56. The summed E-state index contributed by atoms with van der Waals surface area (Å²) < 4.78 is -0.749. The third-order valence-corrected chi connectivity index (χ3v) is 3.89. The number of hydrogen-bond acceptors (Lipinski definition) is 2. The zero-order valence-corrected chi connectivity index (χ0v) is 15.5. The molecule has 1 atom stereocenters. The van der Waals surface area contributed by atoms with Gasteiger partial charge >= 0.3 is 0 Å². The van der Waals surface area contributed by atoms with E-state index in [-0.39, 0.29) is 11.0 Å². The van der Waals surface area contributed by atoms with Crippen molar-refractivity contribution in [2.24, 2.45) is 0 Å². The van der Waals surface area contributed by atoms with Crippen molar-refractivity contribution in [3.05, 3.63) is 27.8 Å². The molecular weight excluding hydrogens is 455 g/mol. The van der Waals surface area contributed by atoms with Crippen LogP contribution in [0, 0.1) is 3.57 Å². The van der Waals surface area contributed by atoms with Crippen LogP contribution in [0.5, 0.6) is 0 Å². The molecule has 0 fully saturated rings. The quantitative estimate of drug-likeness (QED) is 0.277. The lowest BCUT2D eigenvalue weighted by molar-refractivity contribution is -0.119. The van der Waals surface area contributed by atoms with E-state index in [2.05, 4.69) is 38.5 Å². The van der Waals surface area contributed by atoms with E-state index in [9.17, 15) is 4.79 Å². The second-order valence-electron chi connectivity index (χ2n) is 3.75. The number of rotatable bonds is 3. The van der Waals surface area contributed by atoms with Gasteiger partial charge in [-0.25, -0.2) is 0 Å². The Balaban J connectivity index is 2.72. The van der Waals surface area contributed by atoms with E-state index in [0.717, 1.165) is 9.26 Å². The smallest absolute Gasteiger partial charge is 0.228 e. The highest BCUT2D eigenvalue weighted by Crippen LogP contribution is 2.29. The monoisotopic (exact) mass is 465 g/mol. The molecule has 0 saturated carbocycles. The first-order chi connectivity index (χ1) is 9.20. The molecule has 0 spiro atoms. The maximum Gasteiger partial charge on any atom is 0.228 e. The largest absolute Gasteiger partial charge is 0.339 e. The standard InChI is InChI=1S/C11H11Cl3IN3OS/c1-6(19)16-9(11(12,13)14)18-10(20)17-8-5-3-2-4-7(8)15/h2-5,9H,1H3,(H,16,19)(H2,17,18,20). The zero-order chi connectivity index (χ0) is 15.3. The van der Waals surface area contributed by atoms with Gasteiger partial charge in [-0.1, -0.05) is 46.9 Å². The molecule has 0 aliphatic carbocycles. The summed E-state index contributed by atoms with van der Waals surface area (Å²) in [4.78, 5) is 11.1. The van der Waals surface area contributed by atoms with Gasteiger partial charge in [0, 0.05) is 10.5 Å². The molecule has 0 aromatic heterocycles. The molecule has 1 unspecified atom stereocenters. The van der Waals surface area contributed by atoms with Gasteiger partial charge < -0.3 is 16.0 Å². The highest BCUT2D eigenvalue weighted by molar-refractivity contribution is 14.1. The van der Waals surface area contributed by atoms with Crippen molar-refractivity contribution < 1.29 is 4.79 Å². The van der Waals surface area contributed by atoms with Gasteiger partial charge in [-0.3, -0.25) is 4.79 Å². The number of carbonyl (C=O) groups is 1. The minimum absolute atomic E-state index is 0.235. The topological polar surface area (TPSA) is 53.2 Å². The van der Waals surface area contributed by atoms with Crippen LogP contribution >= 0.6 is 69.6 Å². The van der Waals surface area contributed by atoms with Gasteiger partial charge in [0.1, 0.15) is 6.17 Å². The van der Waals surface area contributed by atoms with Crippen molar-refractivity contribution >= 4 is 86.3 Å². The first kappa shape index (κ1) is 18.0. The second kappa shape index (κ2) is 7.84. The van der Waals surface area contributed by atoms with Crippen molar-refractivity contribution in [2.75, 3.05) is 5.32 Å². The summed E-state index contributed by atoms with van der Waals surface area (Å²) in [6.07, 6.45) is -0.939. The average molecular weight is 467 g/mol. The summed E-state index contributed by atoms with van der Waals surface area (Å²) in [6.45, 7) is 1.32. The van der Waals surface area contributed by atoms with Crippen molar-refractivity contribution in [1.82, 2.24) is 10.6 Å². The molecule has 9 heteroatoms. The molecule has 1 aromatic carbocycles. The Hall–Kier alpha value is -0.0200. The molecule has 0 aliphatic rings. The van der Waals surface area contributed by atoms with Gasteiger partial charge in [-0.15, -0.1) is 0 Å². The van der Waals surface area contributed by atoms with Crippen molar-refractivity contribution in [2.45, 2.75) is 16.9 Å². The normalized spacial score (nSPS) is 12.4. The summed E-state index contributed by atoms with van der Waals surface area (Å²) >= 11 is 24.7. The van der Waals surface area contributed by atoms with E-state index in [1.165, 1.54) is 6.92 Å². The highest BCUT2D eigenvalue weighted by atomic mass is 127. The molecule has 0 aliphatic heterocycles. The number of amides is 1. The maximum atomic E-state index is 11.1. The number of benzene rings is 1. The summed E-state index contributed by atoms with van der Waals surface area (Å²) in [5, 5.41) is 8.44. The first-order valence-electron chi connectivity index (χ1n) is 5.36.